The molecule has 0 saturated heterocycles. The first-order valence-corrected chi connectivity index (χ1v) is 11.2. The molecule has 0 aliphatic carbocycles. The highest BCUT2D eigenvalue weighted by Gasteiger charge is 2.34. The summed E-state index contributed by atoms with van der Waals surface area (Å²) < 4.78 is 60.8. The Hall–Kier alpha value is -3.42. The SMILES string of the molecule is C=C(Nc1nc(-c2ccccc2C(F)(F)F)nc2c1OCCC2)c1cc(F)ccc1CCCC. The first kappa shape index (κ1) is 23.7. The van der Waals surface area contributed by atoms with Crippen LogP contribution in [0.4, 0.5) is 23.4 Å². The summed E-state index contributed by atoms with van der Waals surface area (Å²) in [4.78, 5) is 8.81. The van der Waals surface area contributed by atoms with Crippen LogP contribution in [0.5, 0.6) is 5.75 Å². The van der Waals surface area contributed by atoms with E-state index in [-0.39, 0.29) is 17.2 Å². The molecule has 0 spiro atoms. The number of benzene rings is 2. The van der Waals surface area contributed by atoms with Gasteiger partial charge < -0.3 is 10.1 Å². The molecule has 2 heterocycles. The Morgan fingerprint density at radius 3 is 2.71 bits per heavy atom. The number of halogens is 4. The predicted molar refractivity (Wildman–Crippen MR) is 124 cm³/mol. The Morgan fingerprint density at radius 2 is 1.94 bits per heavy atom. The summed E-state index contributed by atoms with van der Waals surface area (Å²) >= 11 is 0. The fourth-order valence-electron chi connectivity index (χ4n) is 3.99. The Bertz CT molecular complexity index is 1210. The molecule has 0 radical (unpaired) electrons. The Balaban J connectivity index is 1.77. The molecule has 1 aliphatic heterocycles. The van der Waals surface area contributed by atoms with Gasteiger partial charge in [0.05, 0.1) is 17.9 Å². The number of hydrogen-bond donors (Lipinski definition) is 1. The summed E-state index contributed by atoms with van der Waals surface area (Å²) in [6.45, 7) is 6.58. The largest absolute Gasteiger partial charge is 0.488 e. The highest BCUT2D eigenvalue weighted by atomic mass is 19.4. The maximum Gasteiger partial charge on any atom is 0.417 e. The van der Waals surface area contributed by atoms with Gasteiger partial charge in [-0.2, -0.15) is 13.2 Å². The van der Waals surface area contributed by atoms with Gasteiger partial charge in [-0.3, -0.25) is 0 Å². The van der Waals surface area contributed by atoms with Crippen molar-refractivity contribution >= 4 is 11.5 Å². The molecule has 3 aromatic rings. The van der Waals surface area contributed by atoms with Gasteiger partial charge in [-0.25, -0.2) is 14.4 Å². The first-order valence-electron chi connectivity index (χ1n) is 11.2. The van der Waals surface area contributed by atoms with Crippen LogP contribution in [0, 0.1) is 5.82 Å². The molecule has 4 nitrogen and oxygen atoms in total. The minimum atomic E-state index is -4.56. The van der Waals surface area contributed by atoms with Crippen LogP contribution in [-0.4, -0.2) is 16.6 Å². The van der Waals surface area contributed by atoms with E-state index in [2.05, 4.69) is 28.8 Å². The van der Waals surface area contributed by atoms with Crippen molar-refractivity contribution in [2.24, 2.45) is 0 Å². The van der Waals surface area contributed by atoms with Crippen molar-refractivity contribution in [1.29, 1.82) is 0 Å². The van der Waals surface area contributed by atoms with Crippen LogP contribution in [0.1, 0.15) is 48.6 Å². The van der Waals surface area contributed by atoms with Gasteiger partial charge in [0.1, 0.15) is 5.82 Å². The van der Waals surface area contributed by atoms with E-state index in [0.717, 1.165) is 30.9 Å². The number of rotatable bonds is 7. The fraction of sp³-hybridized carbons (Fsp3) is 0.308. The number of unbranched alkanes of at least 4 members (excludes halogenated alkanes) is 1. The molecule has 1 aromatic heterocycles. The molecule has 178 valence electrons. The first-order chi connectivity index (χ1) is 16.3. The molecule has 0 bridgehead atoms. The number of nitrogens with zero attached hydrogens (tertiary/aromatic N) is 2. The van der Waals surface area contributed by atoms with Crippen molar-refractivity contribution in [3.05, 3.63) is 77.2 Å². The maximum atomic E-state index is 14.1. The normalized spacial score (nSPS) is 13.2. The quantitative estimate of drug-likeness (QED) is 0.375. The van der Waals surface area contributed by atoms with E-state index >= 15 is 0 Å². The van der Waals surface area contributed by atoms with E-state index in [9.17, 15) is 17.6 Å². The van der Waals surface area contributed by atoms with Gasteiger partial charge in [0.25, 0.3) is 0 Å². The minimum Gasteiger partial charge on any atom is -0.488 e. The van der Waals surface area contributed by atoms with Crippen LogP contribution in [0.3, 0.4) is 0 Å². The lowest BCUT2D eigenvalue weighted by Crippen LogP contribution is -2.16. The number of ether oxygens (including phenoxy) is 1. The molecule has 1 N–H and O–H groups in total. The van der Waals surface area contributed by atoms with Crippen LogP contribution >= 0.6 is 0 Å². The number of fused-ring (bicyclic) bond motifs is 1. The summed E-state index contributed by atoms with van der Waals surface area (Å²) in [6, 6.07) is 9.73. The lowest BCUT2D eigenvalue weighted by Gasteiger charge is -2.22. The molecule has 0 fully saturated rings. The molecular weight excluding hydrogens is 446 g/mol. The molecule has 4 rings (SSSR count). The molecule has 0 unspecified atom stereocenters. The van der Waals surface area contributed by atoms with Crippen molar-refractivity contribution in [3.8, 4) is 17.1 Å². The third kappa shape index (κ3) is 5.05. The highest BCUT2D eigenvalue weighted by Crippen LogP contribution is 2.39. The number of aromatic nitrogens is 2. The van der Waals surface area contributed by atoms with Crippen LogP contribution < -0.4 is 10.1 Å². The lowest BCUT2D eigenvalue weighted by atomic mass is 10.00. The zero-order valence-electron chi connectivity index (χ0n) is 18.8. The van der Waals surface area contributed by atoms with Crippen LogP contribution in [0.15, 0.2) is 49.0 Å². The van der Waals surface area contributed by atoms with Gasteiger partial charge in [0, 0.05) is 16.8 Å². The molecule has 1 aliphatic rings. The van der Waals surface area contributed by atoms with Gasteiger partial charge in [-0.05, 0) is 49.4 Å². The van der Waals surface area contributed by atoms with E-state index < -0.39 is 17.6 Å². The summed E-state index contributed by atoms with van der Waals surface area (Å²) in [5.74, 6) is 0.136. The van der Waals surface area contributed by atoms with Crippen molar-refractivity contribution in [1.82, 2.24) is 9.97 Å². The Kier molecular flexibility index (Phi) is 6.86. The lowest BCUT2D eigenvalue weighted by molar-refractivity contribution is -0.137. The molecular formula is C26H25F4N3O. The van der Waals surface area contributed by atoms with Crippen LogP contribution in [-0.2, 0) is 19.0 Å². The smallest absolute Gasteiger partial charge is 0.417 e. The predicted octanol–water partition coefficient (Wildman–Crippen LogP) is 7.05. The molecule has 2 aromatic carbocycles. The maximum absolute atomic E-state index is 14.1. The number of nitrogens with one attached hydrogen (secondary N) is 1. The molecule has 8 heteroatoms. The van der Waals surface area contributed by atoms with E-state index in [0.29, 0.717) is 42.2 Å². The number of hydrogen-bond acceptors (Lipinski definition) is 4. The standard InChI is InChI=1S/C26H25F4N3O/c1-3-4-8-17-12-13-18(27)15-20(17)16(2)31-25-23-22(11-7-14-34-23)32-24(33-25)19-9-5-6-10-21(19)26(28,29)30/h5-6,9-10,12-13,15H,2-4,7-8,11,14H2,1H3,(H,31,32,33). The second-order valence-corrected chi connectivity index (χ2v) is 8.18. The average Bonchev–Trinajstić information content (AvgIpc) is 2.82. The second-order valence-electron chi connectivity index (χ2n) is 8.18. The van der Waals surface area contributed by atoms with Crippen molar-refractivity contribution in [3.63, 3.8) is 0 Å². The van der Waals surface area contributed by atoms with Gasteiger partial charge >= 0.3 is 6.18 Å². The monoisotopic (exact) mass is 471 g/mol. The third-order valence-electron chi connectivity index (χ3n) is 5.68. The van der Waals surface area contributed by atoms with Crippen LogP contribution in [0.25, 0.3) is 17.1 Å². The molecule has 0 amide bonds. The van der Waals surface area contributed by atoms with E-state index in [1.165, 1.54) is 30.3 Å². The van der Waals surface area contributed by atoms with Crippen molar-refractivity contribution in [2.75, 3.05) is 11.9 Å². The summed E-state index contributed by atoms with van der Waals surface area (Å²) in [5, 5.41) is 3.08. The molecule has 0 atom stereocenters. The van der Waals surface area contributed by atoms with Gasteiger partial charge in [-0.15, -0.1) is 0 Å². The van der Waals surface area contributed by atoms with Gasteiger partial charge in [0.15, 0.2) is 17.4 Å². The summed E-state index contributed by atoms with van der Waals surface area (Å²) in [6.07, 6.45) is -0.672. The Labute approximate surface area is 195 Å². The number of aryl methyl sites for hydroxylation is 2. The third-order valence-corrected chi connectivity index (χ3v) is 5.68. The van der Waals surface area contributed by atoms with Crippen molar-refractivity contribution < 1.29 is 22.3 Å². The Morgan fingerprint density at radius 1 is 1.15 bits per heavy atom. The van der Waals surface area contributed by atoms with Gasteiger partial charge in [0.2, 0.25) is 0 Å². The molecule has 34 heavy (non-hydrogen) atoms. The zero-order chi connectivity index (χ0) is 24.3. The number of anilines is 1. The average molecular weight is 471 g/mol. The molecule has 0 saturated carbocycles. The zero-order valence-corrected chi connectivity index (χ0v) is 18.8. The number of alkyl halides is 3. The summed E-state index contributed by atoms with van der Waals surface area (Å²) in [5.41, 5.74) is 1.49. The topological polar surface area (TPSA) is 47.0 Å². The van der Waals surface area contributed by atoms with E-state index in [1.807, 2.05) is 0 Å². The van der Waals surface area contributed by atoms with E-state index in [4.69, 9.17) is 4.74 Å². The highest BCUT2D eigenvalue weighted by molar-refractivity contribution is 5.79. The summed E-state index contributed by atoms with van der Waals surface area (Å²) in [7, 11) is 0. The second kappa shape index (κ2) is 9.83. The van der Waals surface area contributed by atoms with Crippen LogP contribution in [0.2, 0.25) is 0 Å². The van der Waals surface area contributed by atoms with E-state index in [1.54, 1.807) is 6.07 Å². The van der Waals surface area contributed by atoms with Gasteiger partial charge in [-0.1, -0.05) is 44.2 Å². The minimum absolute atomic E-state index is 0.0575. The van der Waals surface area contributed by atoms with Crippen molar-refractivity contribution in [2.45, 2.75) is 45.2 Å². The fourth-order valence-corrected chi connectivity index (χ4v) is 3.99.